The van der Waals surface area contributed by atoms with Gasteiger partial charge in [-0.1, -0.05) is 11.6 Å². The number of hydrogen-bond donors (Lipinski definition) is 1. The van der Waals surface area contributed by atoms with Crippen molar-refractivity contribution in [1.82, 2.24) is 10.3 Å². The van der Waals surface area contributed by atoms with Crippen LogP contribution < -0.4 is 5.32 Å². The molecule has 1 heterocycles. The highest BCUT2D eigenvalue weighted by Gasteiger charge is 2.12. The third-order valence-electron chi connectivity index (χ3n) is 2.54. The van der Waals surface area contributed by atoms with Crippen LogP contribution in [0.1, 0.15) is 17.8 Å². The Kier molecular flexibility index (Phi) is 3.76. The van der Waals surface area contributed by atoms with Gasteiger partial charge < -0.3 is 5.32 Å². The summed E-state index contributed by atoms with van der Waals surface area (Å²) in [5, 5.41) is 4.35. The molecule has 1 atom stereocenters. The van der Waals surface area contributed by atoms with Gasteiger partial charge in [-0.3, -0.25) is 0 Å². The highest BCUT2D eigenvalue weighted by molar-refractivity contribution is 7.15. The highest BCUT2D eigenvalue weighted by atomic mass is 35.5. The largest absolute Gasteiger partial charge is 0.312 e. The fourth-order valence-corrected chi connectivity index (χ4v) is 2.75. The van der Waals surface area contributed by atoms with E-state index in [2.05, 4.69) is 17.2 Å². The van der Waals surface area contributed by atoms with E-state index >= 15 is 0 Å². The lowest BCUT2D eigenvalue weighted by Gasteiger charge is -2.05. The van der Waals surface area contributed by atoms with Crippen molar-refractivity contribution >= 4 is 22.9 Å². The molecular formula is C12H12ClFN2S. The Morgan fingerprint density at radius 1 is 1.47 bits per heavy atom. The normalized spacial score (nSPS) is 12.7. The van der Waals surface area contributed by atoms with Gasteiger partial charge in [0, 0.05) is 22.7 Å². The van der Waals surface area contributed by atoms with Crippen molar-refractivity contribution in [3.63, 3.8) is 0 Å². The molecule has 2 nitrogen and oxygen atoms in total. The van der Waals surface area contributed by atoms with Crippen molar-refractivity contribution in [2.24, 2.45) is 0 Å². The minimum atomic E-state index is -0.334. The summed E-state index contributed by atoms with van der Waals surface area (Å²) in [6.07, 6.45) is 1.82. The lowest BCUT2D eigenvalue weighted by molar-refractivity contribution is 0.628. The predicted molar refractivity (Wildman–Crippen MR) is 70.0 cm³/mol. The molecule has 0 amide bonds. The van der Waals surface area contributed by atoms with Crippen LogP contribution in [0.5, 0.6) is 0 Å². The molecule has 0 saturated heterocycles. The van der Waals surface area contributed by atoms with Crippen LogP contribution in [0.2, 0.25) is 5.02 Å². The van der Waals surface area contributed by atoms with Crippen LogP contribution in [0, 0.1) is 5.82 Å². The maximum atomic E-state index is 12.9. The van der Waals surface area contributed by atoms with Crippen LogP contribution in [-0.4, -0.2) is 12.0 Å². The Morgan fingerprint density at radius 3 is 2.88 bits per heavy atom. The maximum Gasteiger partial charge on any atom is 0.125 e. The van der Waals surface area contributed by atoms with Gasteiger partial charge in [0.1, 0.15) is 10.8 Å². The van der Waals surface area contributed by atoms with Crippen LogP contribution in [0.15, 0.2) is 24.4 Å². The number of aromatic nitrogens is 1. The van der Waals surface area contributed by atoms with Gasteiger partial charge in [0.2, 0.25) is 0 Å². The summed E-state index contributed by atoms with van der Waals surface area (Å²) < 4.78 is 12.9. The monoisotopic (exact) mass is 270 g/mol. The van der Waals surface area contributed by atoms with Crippen LogP contribution in [-0.2, 0) is 0 Å². The van der Waals surface area contributed by atoms with E-state index in [-0.39, 0.29) is 11.9 Å². The number of benzene rings is 1. The van der Waals surface area contributed by atoms with E-state index in [4.69, 9.17) is 11.6 Å². The number of nitrogens with zero attached hydrogens (tertiary/aromatic N) is 1. The molecular weight excluding hydrogens is 259 g/mol. The molecule has 0 spiro atoms. The van der Waals surface area contributed by atoms with E-state index in [1.807, 2.05) is 13.2 Å². The zero-order valence-corrected chi connectivity index (χ0v) is 11.1. The first kappa shape index (κ1) is 12.5. The summed E-state index contributed by atoms with van der Waals surface area (Å²) in [7, 11) is 1.90. The van der Waals surface area contributed by atoms with Crippen LogP contribution in [0.25, 0.3) is 10.6 Å². The van der Waals surface area contributed by atoms with Gasteiger partial charge in [-0.15, -0.1) is 11.3 Å². The summed E-state index contributed by atoms with van der Waals surface area (Å²) in [5.41, 5.74) is 0.771. The van der Waals surface area contributed by atoms with Gasteiger partial charge in [0.05, 0.1) is 5.02 Å². The van der Waals surface area contributed by atoms with Crippen molar-refractivity contribution in [2.45, 2.75) is 13.0 Å². The molecule has 1 unspecified atom stereocenters. The van der Waals surface area contributed by atoms with E-state index in [1.165, 1.54) is 12.1 Å². The van der Waals surface area contributed by atoms with Gasteiger partial charge in [-0.2, -0.15) is 0 Å². The topological polar surface area (TPSA) is 24.9 Å². The smallest absolute Gasteiger partial charge is 0.125 e. The molecule has 0 fully saturated rings. The minimum Gasteiger partial charge on any atom is -0.312 e. The Morgan fingerprint density at radius 2 is 2.24 bits per heavy atom. The third kappa shape index (κ3) is 2.65. The Bertz CT molecular complexity index is 527. The van der Waals surface area contributed by atoms with Crippen LogP contribution in [0.3, 0.4) is 0 Å². The molecule has 17 heavy (non-hydrogen) atoms. The fraction of sp³-hybridized carbons (Fsp3) is 0.250. The number of rotatable bonds is 3. The summed E-state index contributed by atoms with van der Waals surface area (Å²) in [5.74, 6) is -0.334. The average molecular weight is 271 g/mol. The predicted octanol–water partition coefficient (Wildman–Crippen LogP) is 3.88. The maximum absolute atomic E-state index is 12.9. The zero-order chi connectivity index (χ0) is 12.4. The molecule has 2 aromatic rings. The second-order valence-corrected chi connectivity index (χ2v) is 5.17. The molecule has 90 valence electrons. The second-order valence-electron chi connectivity index (χ2n) is 3.70. The molecule has 1 aromatic carbocycles. The molecule has 1 aromatic heterocycles. The summed E-state index contributed by atoms with van der Waals surface area (Å²) in [6.45, 7) is 2.06. The van der Waals surface area contributed by atoms with Crippen molar-refractivity contribution < 1.29 is 4.39 Å². The van der Waals surface area contributed by atoms with Gasteiger partial charge in [-0.25, -0.2) is 9.37 Å². The Labute approximate surface area is 108 Å². The summed E-state index contributed by atoms with van der Waals surface area (Å²) >= 11 is 7.56. The quantitative estimate of drug-likeness (QED) is 0.915. The number of thiazole rings is 1. The van der Waals surface area contributed by atoms with E-state index in [1.54, 1.807) is 17.4 Å². The molecule has 0 aliphatic carbocycles. The second kappa shape index (κ2) is 5.12. The molecule has 1 N–H and O–H groups in total. The van der Waals surface area contributed by atoms with E-state index in [0.717, 1.165) is 15.4 Å². The zero-order valence-electron chi connectivity index (χ0n) is 9.50. The number of hydrogen-bond acceptors (Lipinski definition) is 3. The highest BCUT2D eigenvalue weighted by Crippen LogP contribution is 2.33. The van der Waals surface area contributed by atoms with Crippen molar-refractivity contribution in [1.29, 1.82) is 0 Å². The fourth-order valence-electron chi connectivity index (χ4n) is 1.42. The summed E-state index contributed by atoms with van der Waals surface area (Å²) in [6, 6.07) is 4.61. The Balaban J connectivity index is 2.37. The van der Waals surface area contributed by atoms with Crippen molar-refractivity contribution in [3.05, 3.63) is 40.1 Å². The van der Waals surface area contributed by atoms with Gasteiger partial charge in [-0.05, 0) is 32.2 Å². The van der Waals surface area contributed by atoms with Gasteiger partial charge in [0.25, 0.3) is 0 Å². The molecule has 0 radical (unpaired) electrons. The Hall–Kier alpha value is -0.970. The standard InChI is InChI=1S/C12H12ClFN2S/c1-7(15-2)11-6-16-12(17-11)9-4-3-8(14)5-10(9)13/h3-7,15H,1-2H3. The van der Waals surface area contributed by atoms with E-state index in [9.17, 15) is 4.39 Å². The molecule has 0 bridgehead atoms. The van der Waals surface area contributed by atoms with Gasteiger partial charge in [0.15, 0.2) is 0 Å². The molecule has 5 heteroatoms. The molecule has 0 aliphatic rings. The lowest BCUT2D eigenvalue weighted by atomic mass is 10.2. The van der Waals surface area contributed by atoms with Crippen molar-refractivity contribution in [3.8, 4) is 10.6 Å². The molecule has 0 saturated carbocycles. The first-order valence-corrected chi connectivity index (χ1v) is 6.39. The lowest BCUT2D eigenvalue weighted by Crippen LogP contribution is -2.10. The average Bonchev–Trinajstić information content (AvgIpc) is 2.77. The first-order chi connectivity index (χ1) is 8.11. The third-order valence-corrected chi connectivity index (χ3v) is 4.07. The minimum absolute atomic E-state index is 0.250. The summed E-state index contributed by atoms with van der Waals surface area (Å²) in [4.78, 5) is 5.45. The molecule has 2 rings (SSSR count). The van der Waals surface area contributed by atoms with E-state index in [0.29, 0.717) is 5.02 Å². The number of halogens is 2. The SMILES string of the molecule is CNC(C)c1cnc(-c2ccc(F)cc2Cl)s1. The first-order valence-electron chi connectivity index (χ1n) is 5.20. The van der Waals surface area contributed by atoms with Crippen LogP contribution >= 0.6 is 22.9 Å². The van der Waals surface area contributed by atoms with Crippen LogP contribution in [0.4, 0.5) is 4.39 Å². The van der Waals surface area contributed by atoms with Crippen molar-refractivity contribution in [2.75, 3.05) is 7.05 Å². The van der Waals surface area contributed by atoms with Gasteiger partial charge >= 0.3 is 0 Å². The molecule has 0 aliphatic heterocycles. The number of nitrogens with one attached hydrogen (secondary N) is 1. The van der Waals surface area contributed by atoms with E-state index < -0.39 is 0 Å².